The molecule has 0 saturated heterocycles. The standard InChI is InChI=1S/C18H23NO2/c1-5-6-7-18(3,4)17-12(2)8-13-9-15-16(21-11-20-15)10-14(13)19-17/h8-10H,5-7,11H2,1-4H3. The molecule has 1 aromatic carbocycles. The summed E-state index contributed by atoms with van der Waals surface area (Å²) in [6, 6.07) is 6.24. The normalized spacial score (nSPS) is 13.9. The number of hydrogen-bond acceptors (Lipinski definition) is 3. The van der Waals surface area contributed by atoms with E-state index < -0.39 is 0 Å². The first-order chi connectivity index (χ1) is 10.0. The number of fused-ring (bicyclic) bond motifs is 2. The molecule has 0 N–H and O–H groups in total. The van der Waals surface area contributed by atoms with Gasteiger partial charge in [-0.15, -0.1) is 0 Å². The third-order valence-electron chi connectivity index (χ3n) is 4.30. The van der Waals surface area contributed by atoms with Crippen LogP contribution in [0.3, 0.4) is 0 Å². The molecule has 0 unspecified atom stereocenters. The number of rotatable bonds is 4. The van der Waals surface area contributed by atoms with Crippen molar-refractivity contribution in [2.75, 3.05) is 6.79 Å². The topological polar surface area (TPSA) is 31.4 Å². The number of nitrogens with zero attached hydrogens (tertiary/aromatic N) is 1. The van der Waals surface area contributed by atoms with Crippen LogP contribution in [0.4, 0.5) is 0 Å². The average Bonchev–Trinajstić information content (AvgIpc) is 2.89. The lowest BCUT2D eigenvalue weighted by molar-refractivity contribution is 0.174. The highest BCUT2D eigenvalue weighted by Crippen LogP contribution is 2.38. The lowest BCUT2D eigenvalue weighted by atomic mass is 9.81. The summed E-state index contributed by atoms with van der Waals surface area (Å²) in [5.41, 5.74) is 3.54. The minimum absolute atomic E-state index is 0.102. The lowest BCUT2D eigenvalue weighted by Crippen LogP contribution is -2.20. The molecule has 1 aliphatic heterocycles. The molecule has 0 amide bonds. The van der Waals surface area contributed by atoms with Gasteiger partial charge in [-0.1, -0.05) is 33.6 Å². The van der Waals surface area contributed by atoms with Crippen LogP contribution in [0.15, 0.2) is 18.2 Å². The van der Waals surface area contributed by atoms with Gasteiger partial charge in [0.2, 0.25) is 6.79 Å². The van der Waals surface area contributed by atoms with Gasteiger partial charge in [0.05, 0.1) is 5.52 Å². The Kier molecular flexibility index (Phi) is 3.52. The molecule has 2 aromatic rings. The maximum Gasteiger partial charge on any atom is 0.231 e. The molecule has 0 radical (unpaired) electrons. The van der Waals surface area contributed by atoms with E-state index >= 15 is 0 Å². The third-order valence-corrected chi connectivity index (χ3v) is 4.30. The van der Waals surface area contributed by atoms with Gasteiger partial charge in [0, 0.05) is 22.6 Å². The number of benzene rings is 1. The molecule has 0 bridgehead atoms. The van der Waals surface area contributed by atoms with E-state index in [4.69, 9.17) is 14.5 Å². The van der Waals surface area contributed by atoms with E-state index in [-0.39, 0.29) is 5.41 Å². The summed E-state index contributed by atoms with van der Waals surface area (Å²) in [7, 11) is 0. The molecule has 3 rings (SSSR count). The SMILES string of the molecule is CCCCC(C)(C)c1nc2cc3c(cc2cc1C)OCO3. The van der Waals surface area contributed by atoms with E-state index in [1.165, 1.54) is 24.1 Å². The number of aromatic nitrogens is 1. The van der Waals surface area contributed by atoms with E-state index in [0.717, 1.165) is 28.8 Å². The van der Waals surface area contributed by atoms with Gasteiger partial charge in [-0.3, -0.25) is 4.98 Å². The second kappa shape index (κ2) is 5.21. The van der Waals surface area contributed by atoms with E-state index in [1.807, 2.05) is 12.1 Å². The number of ether oxygens (including phenoxy) is 2. The van der Waals surface area contributed by atoms with Crippen LogP contribution in [0.1, 0.15) is 51.3 Å². The van der Waals surface area contributed by atoms with Crippen LogP contribution in [0.25, 0.3) is 10.9 Å². The number of aryl methyl sites for hydroxylation is 1. The molecule has 3 nitrogen and oxygen atoms in total. The number of hydrogen-bond donors (Lipinski definition) is 0. The zero-order chi connectivity index (χ0) is 15.0. The largest absolute Gasteiger partial charge is 0.454 e. The highest BCUT2D eigenvalue weighted by Gasteiger charge is 2.25. The quantitative estimate of drug-likeness (QED) is 0.813. The van der Waals surface area contributed by atoms with E-state index in [0.29, 0.717) is 6.79 Å². The van der Waals surface area contributed by atoms with Crippen LogP contribution >= 0.6 is 0 Å². The predicted octanol–water partition coefficient (Wildman–Crippen LogP) is 4.74. The van der Waals surface area contributed by atoms with E-state index in [9.17, 15) is 0 Å². The molecule has 3 heteroatoms. The van der Waals surface area contributed by atoms with Gasteiger partial charge in [-0.05, 0) is 31.0 Å². The van der Waals surface area contributed by atoms with Crippen molar-refractivity contribution in [1.82, 2.24) is 4.98 Å². The van der Waals surface area contributed by atoms with Crippen LogP contribution in [0, 0.1) is 6.92 Å². The third kappa shape index (κ3) is 2.57. The molecule has 21 heavy (non-hydrogen) atoms. The average molecular weight is 285 g/mol. The molecule has 0 aliphatic carbocycles. The molecule has 0 saturated carbocycles. The van der Waals surface area contributed by atoms with Crippen LogP contribution in [0.2, 0.25) is 0 Å². The molecular weight excluding hydrogens is 262 g/mol. The number of unbranched alkanes of at least 4 members (excludes halogenated alkanes) is 1. The molecular formula is C18H23NO2. The van der Waals surface area contributed by atoms with Crippen LogP contribution < -0.4 is 9.47 Å². The van der Waals surface area contributed by atoms with Gasteiger partial charge >= 0.3 is 0 Å². The smallest absolute Gasteiger partial charge is 0.231 e. The van der Waals surface area contributed by atoms with Gasteiger partial charge < -0.3 is 9.47 Å². The summed E-state index contributed by atoms with van der Waals surface area (Å²) in [6.07, 6.45) is 3.61. The second-order valence-corrected chi connectivity index (χ2v) is 6.54. The van der Waals surface area contributed by atoms with Gasteiger partial charge in [-0.2, -0.15) is 0 Å². The molecule has 2 heterocycles. The Hall–Kier alpha value is -1.77. The van der Waals surface area contributed by atoms with Crippen molar-refractivity contribution >= 4 is 10.9 Å². The maximum atomic E-state index is 5.46. The van der Waals surface area contributed by atoms with Crippen molar-refractivity contribution in [1.29, 1.82) is 0 Å². The Bertz CT molecular complexity index is 676. The Morgan fingerprint density at radius 1 is 1.14 bits per heavy atom. The summed E-state index contributed by atoms with van der Waals surface area (Å²) < 4.78 is 10.9. The summed E-state index contributed by atoms with van der Waals surface area (Å²) in [5.74, 6) is 1.62. The first-order valence-electron chi connectivity index (χ1n) is 7.73. The summed E-state index contributed by atoms with van der Waals surface area (Å²) in [6.45, 7) is 9.27. The Labute approximate surface area is 126 Å². The highest BCUT2D eigenvalue weighted by atomic mass is 16.7. The molecule has 1 aliphatic rings. The van der Waals surface area contributed by atoms with Crippen LogP contribution in [-0.2, 0) is 5.41 Å². The second-order valence-electron chi connectivity index (χ2n) is 6.54. The first kappa shape index (κ1) is 14.2. The van der Waals surface area contributed by atoms with E-state index in [2.05, 4.69) is 33.8 Å². The lowest BCUT2D eigenvalue weighted by Gasteiger charge is -2.26. The van der Waals surface area contributed by atoms with Crippen molar-refractivity contribution in [3.8, 4) is 11.5 Å². The molecule has 112 valence electrons. The van der Waals surface area contributed by atoms with Gasteiger partial charge in [-0.25, -0.2) is 0 Å². The zero-order valence-corrected chi connectivity index (χ0v) is 13.3. The Morgan fingerprint density at radius 3 is 2.57 bits per heavy atom. The summed E-state index contributed by atoms with van der Waals surface area (Å²) in [5, 5.41) is 1.12. The fourth-order valence-electron chi connectivity index (χ4n) is 3.09. The van der Waals surface area contributed by atoms with Crippen molar-refractivity contribution in [2.24, 2.45) is 0 Å². The van der Waals surface area contributed by atoms with Crippen molar-refractivity contribution in [3.63, 3.8) is 0 Å². The Balaban J connectivity index is 2.08. The number of pyridine rings is 1. The van der Waals surface area contributed by atoms with Gasteiger partial charge in [0.1, 0.15) is 0 Å². The summed E-state index contributed by atoms with van der Waals surface area (Å²) >= 11 is 0. The van der Waals surface area contributed by atoms with Crippen molar-refractivity contribution < 1.29 is 9.47 Å². The summed E-state index contributed by atoms with van der Waals surface area (Å²) in [4.78, 5) is 4.94. The molecule has 1 aromatic heterocycles. The predicted molar refractivity (Wildman–Crippen MR) is 85.2 cm³/mol. The van der Waals surface area contributed by atoms with Crippen molar-refractivity contribution in [2.45, 2.75) is 52.4 Å². The maximum absolute atomic E-state index is 5.46. The van der Waals surface area contributed by atoms with Gasteiger partial charge in [0.15, 0.2) is 11.5 Å². The monoisotopic (exact) mass is 285 g/mol. The Morgan fingerprint density at radius 2 is 1.86 bits per heavy atom. The molecule has 0 atom stereocenters. The van der Waals surface area contributed by atoms with Crippen LogP contribution in [-0.4, -0.2) is 11.8 Å². The molecule has 0 fully saturated rings. The highest BCUT2D eigenvalue weighted by molar-refractivity contribution is 5.84. The zero-order valence-electron chi connectivity index (χ0n) is 13.3. The minimum atomic E-state index is 0.102. The van der Waals surface area contributed by atoms with E-state index in [1.54, 1.807) is 0 Å². The fourth-order valence-corrected chi connectivity index (χ4v) is 3.09. The van der Waals surface area contributed by atoms with Crippen molar-refractivity contribution in [3.05, 3.63) is 29.5 Å². The van der Waals surface area contributed by atoms with Gasteiger partial charge in [0.25, 0.3) is 0 Å². The van der Waals surface area contributed by atoms with Crippen LogP contribution in [0.5, 0.6) is 11.5 Å². The molecule has 0 spiro atoms. The first-order valence-corrected chi connectivity index (χ1v) is 7.73. The minimum Gasteiger partial charge on any atom is -0.454 e. The fraction of sp³-hybridized carbons (Fsp3) is 0.500.